The highest BCUT2D eigenvalue weighted by Crippen LogP contribution is 2.45. The van der Waals surface area contributed by atoms with Crippen molar-refractivity contribution in [2.45, 2.75) is 56.3 Å². The fourth-order valence-electron chi connectivity index (χ4n) is 4.82. The quantitative estimate of drug-likeness (QED) is 0.906. The van der Waals surface area contributed by atoms with Crippen molar-refractivity contribution >= 4 is 0 Å². The molecule has 2 aromatic rings. The predicted molar refractivity (Wildman–Crippen MR) is 97.7 cm³/mol. The minimum absolute atomic E-state index is 0.00965. The summed E-state index contributed by atoms with van der Waals surface area (Å²) in [5, 5.41) is 20.8. The number of hydrogen-bond acceptors (Lipinski definition) is 3. The Hall–Kier alpha value is -2.22. The maximum Gasteiger partial charge on any atom is 0.141 e. The van der Waals surface area contributed by atoms with Gasteiger partial charge in [-0.1, -0.05) is 48.9 Å². The Labute approximate surface area is 153 Å². The molecule has 4 heteroatoms. The van der Waals surface area contributed by atoms with Gasteiger partial charge in [0, 0.05) is 24.2 Å². The first-order valence-electron chi connectivity index (χ1n) is 9.32. The van der Waals surface area contributed by atoms with Crippen LogP contribution in [0.5, 0.6) is 0 Å². The van der Waals surface area contributed by atoms with Crippen molar-refractivity contribution in [3.8, 4) is 6.07 Å². The molecule has 26 heavy (non-hydrogen) atoms. The van der Waals surface area contributed by atoms with Crippen molar-refractivity contribution in [1.82, 2.24) is 4.90 Å². The number of benzene rings is 2. The molecule has 0 aliphatic carbocycles. The summed E-state index contributed by atoms with van der Waals surface area (Å²) in [7, 11) is 0. The van der Waals surface area contributed by atoms with Gasteiger partial charge in [-0.2, -0.15) is 5.26 Å². The second kappa shape index (κ2) is 6.83. The zero-order valence-electron chi connectivity index (χ0n) is 14.7. The van der Waals surface area contributed by atoms with Crippen LogP contribution in [0.3, 0.4) is 0 Å². The van der Waals surface area contributed by atoms with Gasteiger partial charge in [-0.3, -0.25) is 4.90 Å². The van der Waals surface area contributed by atoms with E-state index in [4.69, 9.17) is 0 Å². The summed E-state index contributed by atoms with van der Waals surface area (Å²) >= 11 is 0. The second-order valence-corrected chi connectivity index (χ2v) is 7.61. The van der Waals surface area contributed by atoms with E-state index in [9.17, 15) is 14.8 Å². The molecule has 2 atom stereocenters. The van der Waals surface area contributed by atoms with E-state index in [0.717, 1.165) is 25.8 Å². The third-order valence-electron chi connectivity index (χ3n) is 5.99. The van der Waals surface area contributed by atoms with Gasteiger partial charge in [0.25, 0.3) is 0 Å². The molecule has 1 N–H and O–H groups in total. The third kappa shape index (κ3) is 3.02. The van der Waals surface area contributed by atoms with Crippen LogP contribution in [0.15, 0.2) is 48.5 Å². The molecular weight excluding hydrogens is 327 g/mol. The van der Waals surface area contributed by atoms with Crippen LogP contribution in [-0.2, 0) is 12.1 Å². The Bertz CT molecular complexity index is 816. The zero-order chi connectivity index (χ0) is 18.1. The molecule has 2 aliphatic heterocycles. The van der Waals surface area contributed by atoms with Gasteiger partial charge in [0.2, 0.25) is 0 Å². The van der Waals surface area contributed by atoms with Gasteiger partial charge >= 0.3 is 0 Å². The van der Waals surface area contributed by atoms with E-state index in [0.29, 0.717) is 18.4 Å². The number of fused-ring (bicyclic) bond motifs is 2. The van der Waals surface area contributed by atoms with Gasteiger partial charge in [0.05, 0.1) is 11.2 Å². The van der Waals surface area contributed by atoms with Gasteiger partial charge in [-0.25, -0.2) is 4.39 Å². The number of nitrogens with zero attached hydrogens (tertiary/aromatic N) is 2. The largest absolute Gasteiger partial charge is 0.385 e. The van der Waals surface area contributed by atoms with Crippen molar-refractivity contribution in [2.24, 2.45) is 0 Å². The summed E-state index contributed by atoms with van der Waals surface area (Å²) < 4.78 is 14.1. The number of hydrogen-bond donors (Lipinski definition) is 1. The minimum Gasteiger partial charge on any atom is -0.385 e. The first-order chi connectivity index (χ1) is 12.6. The molecular formula is C22H23FN2O. The maximum atomic E-state index is 14.1. The molecule has 2 fully saturated rings. The molecule has 0 radical (unpaired) electrons. The van der Waals surface area contributed by atoms with E-state index < -0.39 is 11.4 Å². The lowest BCUT2D eigenvalue weighted by Gasteiger charge is -2.52. The molecule has 4 rings (SSSR count). The molecule has 2 saturated heterocycles. The van der Waals surface area contributed by atoms with Crippen LogP contribution in [0.25, 0.3) is 0 Å². The van der Waals surface area contributed by atoms with E-state index in [1.807, 2.05) is 12.1 Å². The SMILES string of the molecule is N#Cc1c(F)cccc1C1(O)CC2CCCC(C1)N2Cc1ccccc1. The maximum absolute atomic E-state index is 14.1. The molecule has 2 heterocycles. The smallest absolute Gasteiger partial charge is 0.141 e. The molecule has 3 nitrogen and oxygen atoms in total. The van der Waals surface area contributed by atoms with E-state index in [2.05, 4.69) is 29.2 Å². The molecule has 0 spiro atoms. The molecule has 0 aromatic heterocycles. The van der Waals surface area contributed by atoms with Crippen LogP contribution in [0, 0.1) is 17.1 Å². The van der Waals surface area contributed by atoms with Gasteiger partial charge in [0.15, 0.2) is 0 Å². The number of halogens is 1. The Kier molecular flexibility index (Phi) is 4.52. The summed E-state index contributed by atoms with van der Waals surface area (Å²) in [4.78, 5) is 2.50. The van der Waals surface area contributed by atoms with Crippen LogP contribution < -0.4 is 0 Å². The molecule has 134 valence electrons. The van der Waals surface area contributed by atoms with E-state index >= 15 is 0 Å². The summed E-state index contributed by atoms with van der Waals surface area (Å²) in [6, 6.07) is 17.5. The van der Waals surface area contributed by atoms with Crippen molar-refractivity contribution in [3.63, 3.8) is 0 Å². The van der Waals surface area contributed by atoms with Crippen molar-refractivity contribution in [2.75, 3.05) is 0 Å². The number of aliphatic hydroxyl groups is 1. The standard InChI is InChI=1S/C22H23FN2O/c23-21-11-5-10-20(19(21)14-24)22(26)12-17-8-4-9-18(13-22)25(17)15-16-6-2-1-3-7-16/h1-3,5-7,10-11,17-18,26H,4,8-9,12-13,15H2. The van der Waals surface area contributed by atoms with Crippen LogP contribution in [0.4, 0.5) is 4.39 Å². The fraction of sp³-hybridized carbons (Fsp3) is 0.409. The number of rotatable bonds is 3. The first kappa shape index (κ1) is 17.2. The summed E-state index contributed by atoms with van der Waals surface area (Å²) in [5.74, 6) is -0.546. The average Bonchev–Trinajstić information content (AvgIpc) is 2.63. The van der Waals surface area contributed by atoms with Crippen LogP contribution in [0.1, 0.15) is 48.8 Å². The van der Waals surface area contributed by atoms with Gasteiger partial charge < -0.3 is 5.11 Å². The second-order valence-electron chi connectivity index (χ2n) is 7.61. The van der Waals surface area contributed by atoms with Crippen LogP contribution >= 0.6 is 0 Å². The molecule has 2 aromatic carbocycles. The van der Waals surface area contributed by atoms with Gasteiger partial charge in [-0.05, 0) is 37.3 Å². The predicted octanol–water partition coefficient (Wildman–Crippen LogP) is 4.10. The molecule has 0 saturated carbocycles. The Balaban J connectivity index is 1.64. The Morgan fingerprint density at radius 3 is 2.42 bits per heavy atom. The third-order valence-corrected chi connectivity index (χ3v) is 5.99. The van der Waals surface area contributed by atoms with E-state index in [1.165, 1.54) is 11.6 Å². The van der Waals surface area contributed by atoms with Crippen molar-refractivity contribution in [1.29, 1.82) is 5.26 Å². The molecule has 0 amide bonds. The minimum atomic E-state index is -1.13. The number of nitriles is 1. The molecule has 2 bridgehead atoms. The van der Waals surface area contributed by atoms with Crippen molar-refractivity contribution in [3.05, 3.63) is 71.0 Å². The first-order valence-corrected chi connectivity index (χ1v) is 9.32. The van der Waals surface area contributed by atoms with Gasteiger partial charge in [-0.15, -0.1) is 0 Å². The Morgan fingerprint density at radius 1 is 1.08 bits per heavy atom. The summed E-state index contributed by atoms with van der Waals surface area (Å²) in [5.41, 5.74) is 0.593. The highest BCUT2D eigenvalue weighted by atomic mass is 19.1. The zero-order valence-corrected chi connectivity index (χ0v) is 14.7. The monoisotopic (exact) mass is 350 g/mol. The Morgan fingerprint density at radius 2 is 1.77 bits per heavy atom. The average molecular weight is 350 g/mol. The van der Waals surface area contributed by atoms with Crippen LogP contribution in [-0.4, -0.2) is 22.1 Å². The molecule has 2 unspecified atom stereocenters. The summed E-state index contributed by atoms with van der Waals surface area (Å²) in [6.07, 6.45) is 4.32. The highest BCUT2D eigenvalue weighted by Gasteiger charge is 2.47. The van der Waals surface area contributed by atoms with Gasteiger partial charge in [0.1, 0.15) is 11.9 Å². The number of piperidine rings is 2. The normalized spacial score (nSPS) is 28.5. The highest BCUT2D eigenvalue weighted by molar-refractivity contribution is 5.43. The van der Waals surface area contributed by atoms with E-state index in [-0.39, 0.29) is 17.6 Å². The lowest BCUT2D eigenvalue weighted by atomic mass is 9.71. The van der Waals surface area contributed by atoms with Crippen LogP contribution in [0.2, 0.25) is 0 Å². The molecule has 2 aliphatic rings. The van der Waals surface area contributed by atoms with E-state index in [1.54, 1.807) is 12.1 Å². The van der Waals surface area contributed by atoms with Crippen molar-refractivity contribution < 1.29 is 9.50 Å². The summed E-state index contributed by atoms with van der Waals surface area (Å²) in [6.45, 7) is 0.876. The lowest BCUT2D eigenvalue weighted by Crippen LogP contribution is -2.56. The lowest BCUT2D eigenvalue weighted by molar-refractivity contribution is -0.100. The fourth-order valence-corrected chi connectivity index (χ4v) is 4.82. The topological polar surface area (TPSA) is 47.3 Å².